The Morgan fingerprint density at radius 3 is 2.87 bits per heavy atom. The fourth-order valence-electron chi connectivity index (χ4n) is 3.02. The van der Waals surface area contributed by atoms with Crippen molar-refractivity contribution in [2.45, 2.75) is 31.8 Å². The minimum Gasteiger partial charge on any atom is -0.350 e. The van der Waals surface area contributed by atoms with Gasteiger partial charge in [-0.1, -0.05) is 12.1 Å². The first-order valence-electron chi connectivity index (χ1n) is 7.86. The Bertz CT molecular complexity index is 678. The molecule has 1 aromatic carbocycles. The number of carbonyl (C=O) groups excluding carboxylic acids is 1. The van der Waals surface area contributed by atoms with Crippen molar-refractivity contribution in [3.8, 4) is 0 Å². The lowest BCUT2D eigenvalue weighted by molar-refractivity contribution is -0.132. The topological polar surface area (TPSA) is 59.0 Å². The Labute approximate surface area is 134 Å². The quantitative estimate of drug-likeness (QED) is 0.903. The van der Waals surface area contributed by atoms with E-state index in [9.17, 15) is 9.18 Å². The summed E-state index contributed by atoms with van der Waals surface area (Å²) >= 11 is 0. The van der Waals surface area contributed by atoms with Crippen molar-refractivity contribution >= 4 is 5.91 Å². The van der Waals surface area contributed by atoms with Gasteiger partial charge in [0.15, 0.2) is 0 Å². The molecule has 0 atom stereocenters. The van der Waals surface area contributed by atoms with Gasteiger partial charge in [0.25, 0.3) is 0 Å². The molecule has 23 heavy (non-hydrogen) atoms. The molecule has 0 spiro atoms. The van der Waals surface area contributed by atoms with Gasteiger partial charge in [-0.3, -0.25) is 9.48 Å². The van der Waals surface area contributed by atoms with E-state index >= 15 is 0 Å². The molecule has 1 aromatic heterocycles. The zero-order valence-corrected chi connectivity index (χ0v) is 13.2. The molecule has 1 amide bonds. The van der Waals surface area contributed by atoms with Gasteiger partial charge in [0, 0.05) is 18.9 Å². The van der Waals surface area contributed by atoms with Gasteiger partial charge in [0.2, 0.25) is 5.91 Å². The molecule has 1 fully saturated rings. The maximum absolute atomic E-state index is 13.6. The van der Waals surface area contributed by atoms with E-state index < -0.39 is 5.54 Å². The summed E-state index contributed by atoms with van der Waals surface area (Å²) in [6.45, 7) is 3.57. The molecule has 2 N–H and O–H groups in total. The SMILES string of the molecule is Cc1ccc(CNC(=O)C2(n3cccn3)CCNCC2)cc1F. The molecule has 0 saturated carbocycles. The Morgan fingerprint density at radius 1 is 1.43 bits per heavy atom. The second kappa shape index (κ2) is 6.50. The second-order valence-corrected chi connectivity index (χ2v) is 6.00. The normalized spacial score (nSPS) is 17.0. The fraction of sp³-hybridized carbons (Fsp3) is 0.412. The molecule has 1 aliphatic rings. The van der Waals surface area contributed by atoms with Gasteiger partial charge in [-0.05, 0) is 56.1 Å². The predicted octanol–water partition coefficient (Wildman–Crippen LogP) is 1.73. The van der Waals surface area contributed by atoms with Crippen LogP contribution in [0.2, 0.25) is 0 Å². The molecule has 1 aliphatic heterocycles. The predicted molar refractivity (Wildman–Crippen MR) is 85.3 cm³/mol. The molecule has 0 radical (unpaired) electrons. The molecule has 0 unspecified atom stereocenters. The van der Waals surface area contributed by atoms with Crippen LogP contribution in [0.15, 0.2) is 36.7 Å². The Hall–Kier alpha value is -2.21. The van der Waals surface area contributed by atoms with Gasteiger partial charge in [-0.2, -0.15) is 5.10 Å². The number of benzene rings is 1. The third-order valence-corrected chi connectivity index (χ3v) is 4.49. The van der Waals surface area contributed by atoms with Gasteiger partial charge < -0.3 is 10.6 Å². The molecule has 0 aliphatic carbocycles. The molecule has 5 nitrogen and oxygen atoms in total. The number of aromatic nitrogens is 2. The molecular formula is C17H21FN4O. The largest absolute Gasteiger partial charge is 0.350 e. The lowest BCUT2D eigenvalue weighted by atomic mass is 9.87. The van der Waals surface area contributed by atoms with Crippen molar-refractivity contribution in [1.82, 2.24) is 20.4 Å². The van der Waals surface area contributed by atoms with Crippen LogP contribution in [0, 0.1) is 12.7 Å². The van der Waals surface area contributed by atoms with E-state index in [0.717, 1.165) is 18.7 Å². The van der Waals surface area contributed by atoms with Crippen molar-refractivity contribution in [3.63, 3.8) is 0 Å². The first-order valence-corrected chi connectivity index (χ1v) is 7.86. The number of carbonyl (C=O) groups is 1. The molecular weight excluding hydrogens is 295 g/mol. The zero-order valence-electron chi connectivity index (χ0n) is 13.2. The maximum Gasteiger partial charge on any atom is 0.248 e. The maximum atomic E-state index is 13.6. The second-order valence-electron chi connectivity index (χ2n) is 6.00. The van der Waals surface area contributed by atoms with Crippen LogP contribution in [0.4, 0.5) is 4.39 Å². The summed E-state index contributed by atoms with van der Waals surface area (Å²) in [4.78, 5) is 12.9. The zero-order chi connectivity index (χ0) is 16.3. The number of nitrogens with zero attached hydrogens (tertiary/aromatic N) is 2. The molecule has 2 heterocycles. The Morgan fingerprint density at radius 2 is 2.22 bits per heavy atom. The van der Waals surface area contributed by atoms with Crippen molar-refractivity contribution in [1.29, 1.82) is 0 Å². The van der Waals surface area contributed by atoms with E-state index in [4.69, 9.17) is 0 Å². The van der Waals surface area contributed by atoms with Crippen LogP contribution in [-0.2, 0) is 16.9 Å². The lowest BCUT2D eigenvalue weighted by Crippen LogP contribution is -2.54. The monoisotopic (exact) mass is 316 g/mol. The Kier molecular flexibility index (Phi) is 4.43. The number of nitrogens with one attached hydrogen (secondary N) is 2. The highest BCUT2D eigenvalue weighted by atomic mass is 19.1. The summed E-state index contributed by atoms with van der Waals surface area (Å²) in [6.07, 6.45) is 4.88. The highest BCUT2D eigenvalue weighted by Crippen LogP contribution is 2.27. The first-order chi connectivity index (χ1) is 11.1. The smallest absolute Gasteiger partial charge is 0.248 e. The fourth-order valence-corrected chi connectivity index (χ4v) is 3.02. The van der Waals surface area contributed by atoms with Gasteiger partial charge in [0.1, 0.15) is 11.4 Å². The third kappa shape index (κ3) is 3.12. The highest BCUT2D eigenvalue weighted by Gasteiger charge is 2.41. The molecule has 0 bridgehead atoms. The van der Waals surface area contributed by atoms with E-state index in [0.29, 0.717) is 24.9 Å². The van der Waals surface area contributed by atoms with Crippen LogP contribution >= 0.6 is 0 Å². The summed E-state index contributed by atoms with van der Waals surface area (Å²) < 4.78 is 15.4. The van der Waals surface area contributed by atoms with E-state index in [1.54, 1.807) is 23.9 Å². The molecule has 2 aromatic rings. The van der Waals surface area contributed by atoms with Crippen molar-refractivity contribution < 1.29 is 9.18 Å². The first kappa shape index (κ1) is 15.7. The van der Waals surface area contributed by atoms with Gasteiger partial charge >= 0.3 is 0 Å². The van der Waals surface area contributed by atoms with Crippen LogP contribution < -0.4 is 10.6 Å². The highest BCUT2D eigenvalue weighted by molar-refractivity contribution is 5.84. The summed E-state index contributed by atoms with van der Waals surface area (Å²) in [5, 5.41) is 10.5. The van der Waals surface area contributed by atoms with E-state index in [1.807, 2.05) is 18.3 Å². The molecule has 3 rings (SSSR count). The van der Waals surface area contributed by atoms with Crippen LogP contribution in [-0.4, -0.2) is 28.8 Å². The van der Waals surface area contributed by atoms with Gasteiger partial charge in [-0.15, -0.1) is 0 Å². The molecule has 122 valence electrons. The van der Waals surface area contributed by atoms with Gasteiger partial charge in [-0.25, -0.2) is 4.39 Å². The number of halogens is 1. The average Bonchev–Trinajstić information content (AvgIpc) is 3.11. The van der Waals surface area contributed by atoms with E-state index in [-0.39, 0.29) is 11.7 Å². The van der Waals surface area contributed by atoms with Crippen LogP contribution in [0.25, 0.3) is 0 Å². The third-order valence-electron chi connectivity index (χ3n) is 4.49. The number of hydrogen-bond donors (Lipinski definition) is 2. The summed E-state index contributed by atoms with van der Waals surface area (Å²) in [7, 11) is 0. The summed E-state index contributed by atoms with van der Waals surface area (Å²) in [6, 6.07) is 6.86. The number of piperidine rings is 1. The standard InChI is InChI=1S/C17H21FN4O/c1-13-3-4-14(11-15(13)18)12-20-16(23)17(5-8-19-9-6-17)22-10-2-7-21-22/h2-4,7,10-11,19H,5-6,8-9,12H2,1H3,(H,20,23). The minimum absolute atomic E-state index is 0.0660. The number of hydrogen-bond acceptors (Lipinski definition) is 3. The number of aryl methyl sites for hydroxylation is 1. The van der Waals surface area contributed by atoms with Crippen molar-refractivity contribution in [2.75, 3.05) is 13.1 Å². The Balaban J connectivity index is 1.75. The molecule has 6 heteroatoms. The number of amides is 1. The van der Waals surface area contributed by atoms with Crippen LogP contribution in [0.1, 0.15) is 24.0 Å². The average molecular weight is 316 g/mol. The lowest BCUT2D eigenvalue weighted by Gasteiger charge is -2.36. The summed E-state index contributed by atoms with van der Waals surface area (Å²) in [5.74, 6) is -0.316. The van der Waals surface area contributed by atoms with Crippen LogP contribution in [0.3, 0.4) is 0 Å². The number of rotatable bonds is 4. The summed E-state index contributed by atoms with van der Waals surface area (Å²) in [5.41, 5.74) is 0.690. The molecule has 1 saturated heterocycles. The van der Waals surface area contributed by atoms with Gasteiger partial charge in [0.05, 0.1) is 0 Å². The van der Waals surface area contributed by atoms with E-state index in [1.165, 1.54) is 6.07 Å². The van der Waals surface area contributed by atoms with Crippen molar-refractivity contribution in [3.05, 3.63) is 53.6 Å². The van der Waals surface area contributed by atoms with Crippen LogP contribution in [0.5, 0.6) is 0 Å². The van der Waals surface area contributed by atoms with Crippen molar-refractivity contribution in [2.24, 2.45) is 0 Å². The van der Waals surface area contributed by atoms with E-state index in [2.05, 4.69) is 15.7 Å². The minimum atomic E-state index is -0.669.